The van der Waals surface area contributed by atoms with Gasteiger partial charge in [-0.15, -0.1) is 0 Å². The molecule has 1 rings (SSSR count). The summed E-state index contributed by atoms with van der Waals surface area (Å²) < 4.78 is 4.89. The van der Waals surface area contributed by atoms with E-state index in [-0.39, 0.29) is 6.61 Å². The van der Waals surface area contributed by atoms with Gasteiger partial charge >= 0.3 is 0 Å². The SMILES string of the molecule is Cc1cc(CO)oc1C=O. The molecule has 0 atom stereocenters. The topological polar surface area (TPSA) is 50.4 Å². The van der Waals surface area contributed by atoms with Gasteiger partial charge in [-0.3, -0.25) is 4.79 Å². The third-order valence-corrected chi connectivity index (χ3v) is 1.27. The highest BCUT2D eigenvalue weighted by Crippen LogP contribution is 2.11. The van der Waals surface area contributed by atoms with E-state index in [1.807, 2.05) is 0 Å². The molecule has 0 radical (unpaired) electrons. The number of hydrogen-bond acceptors (Lipinski definition) is 3. The van der Waals surface area contributed by atoms with E-state index < -0.39 is 0 Å². The fourth-order valence-electron chi connectivity index (χ4n) is 0.759. The monoisotopic (exact) mass is 140 g/mol. The van der Waals surface area contributed by atoms with Gasteiger partial charge in [-0.2, -0.15) is 0 Å². The van der Waals surface area contributed by atoms with E-state index in [0.717, 1.165) is 5.56 Å². The third kappa shape index (κ3) is 1.09. The molecule has 1 heterocycles. The van der Waals surface area contributed by atoms with Crippen molar-refractivity contribution < 1.29 is 14.3 Å². The lowest BCUT2D eigenvalue weighted by molar-refractivity contribution is 0.109. The van der Waals surface area contributed by atoms with Gasteiger partial charge in [0.2, 0.25) is 0 Å². The fourth-order valence-corrected chi connectivity index (χ4v) is 0.759. The van der Waals surface area contributed by atoms with Crippen molar-refractivity contribution in [2.45, 2.75) is 13.5 Å². The number of rotatable bonds is 2. The van der Waals surface area contributed by atoms with Crippen LogP contribution in [0.2, 0.25) is 0 Å². The maximum atomic E-state index is 10.2. The Bertz CT molecular complexity index is 237. The van der Waals surface area contributed by atoms with Crippen molar-refractivity contribution in [3.63, 3.8) is 0 Å². The molecular formula is C7H8O3. The number of aryl methyl sites for hydroxylation is 1. The van der Waals surface area contributed by atoms with Crippen LogP contribution in [0.3, 0.4) is 0 Å². The second-order valence-corrected chi connectivity index (χ2v) is 2.04. The van der Waals surface area contributed by atoms with Gasteiger partial charge in [0.1, 0.15) is 12.4 Å². The van der Waals surface area contributed by atoms with E-state index in [9.17, 15) is 4.79 Å². The van der Waals surface area contributed by atoms with Gasteiger partial charge < -0.3 is 9.52 Å². The Hall–Kier alpha value is -1.09. The van der Waals surface area contributed by atoms with Gasteiger partial charge in [-0.1, -0.05) is 0 Å². The van der Waals surface area contributed by atoms with Gasteiger partial charge in [0, 0.05) is 0 Å². The normalized spacial score (nSPS) is 9.80. The maximum Gasteiger partial charge on any atom is 0.185 e. The molecule has 0 saturated carbocycles. The van der Waals surface area contributed by atoms with Crippen molar-refractivity contribution in [2.75, 3.05) is 0 Å². The lowest BCUT2D eigenvalue weighted by atomic mass is 10.3. The van der Waals surface area contributed by atoms with E-state index in [1.54, 1.807) is 13.0 Å². The molecule has 0 aliphatic rings. The quantitative estimate of drug-likeness (QED) is 0.620. The summed E-state index contributed by atoms with van der Waals surface area (Å²) in [5, 5.41) is 8.56. The molecule has 3 nitrogen and oxygen atoms in total. The van der Waals surface area contributed by atoms with Crippen LogP contribution in [0, 0.1) is 6.92 Å². The standard InChI is InChI=1S/C7H8O3/c1-5-2-6(3-8)10-7(5)4-9/h2,4,8H,3H2,1H3. The zero-order valence-corrected chi connectivity index (χ0v) is 5.63. The number of aliphatic hydroxyl groups is 1. The largest absolute Gasteiger partial charge is 0.456 e. The molecule has 1 aromatic rings. The number of hydrogen-bond donors (Lipinski definition) is 1. The summed E-state index contributed by atoms with van der Waals surface area (Å²) in [6.07, 6.45) is 0.633. The van der Waals surface area contributed by atoms with Crippen molar-refractivity contribution >= 4 is 6.29 Å². The summed E-state index contributed by atoms with van der Waals surface area (Å²) in [5.74, 6) is 0.726. The summed E-state index contributed by atoms with van der Waals surface area (Å²) in [5.41, 5.74) is 0.763. The summed E-state index contributed by atoms with van der Waals surface area (Å²) in [6.45, 7) is 1.60. The molecule has 0 spiro atoms. The molecule has 0 bridgehead atoms. The molecule has 0 saturated heterocycles. The van der Waals surface area contributed by atoms with Gasteiger partial charge in [-0.05, 0) is 18.6 Å². The molecule has 10 heavy (non-hydrogen) atoms. The van der Waals surface area contributed by atoms with Crippen LogP contribution in [0.1, 0.15) is 21.9 Å². The molecule has 1 N–H and O–H groups in total. The highest BCUT2D eigenvalue weighted by molar-refractivity contribution is 5.72. The zero-order chi connectivity index (χ0) is 7.56. The Balaban J connectivity index is 3.03. The maximum absolute atomic E-state index is 10.2. The second kappa shape index (κ2) is 2.66. The minimum absolute atomic E-state index is 0.158. The molecule has 3 heteroatoms. The van der Waals surface area contributed by atoms with E-state index in [1.165, 1.54) is 0 Å². The Labute approximate surface area is 58.3 Å². The minimum atomic E-state index is -0.158. The first kappa shape index (κ1) is 7.02. The van der Waals surface area contributed by atoms with Crippen LogP contribution in [-0.4, -0.2) is 11.4 Å². The lowest BCUT2D eigenvalue weighted by Gasteiger charge is -1.82. The predicted molar refractivity (Wildman–Crippen MR) is 34.8 cm³/mol. The second-order valence-electron chi connectivity index (χ2n) is 2.04. The van der Waals surface area contributed by atoms with Crippen molar-refractivity contribution in [1.82, 2.24) is 0 Å². The van der Waals surface area contributed by atoms with Crippen molar-refractivity contribution in [1.29, 1.82) is 0 Å². The third-order valence-electron chi connectivity index (χ3n) is 1.27. The molecular weight excluding hydrogens is 132 g/mol. The molecule has 0 aromatic carbocycles. The number of furan rings is 1. The van der Waals surface area contributed by atoms with E-state index in [2.05, 4.69) is 0 Å². The van der Waals surface area contributed by atoms with Gasteiger partial charge in [0.05, 0.1) is 0 Å². The van der Waals surface area contributed by atoms with Gasteiger partial charge in [0.25, 0.3) is 0 Å². The van der Waals surface area contributed by atoms with Crippen LogP contribution in [0.15, 0.2) is 10.5 Å². The predicted octanol–water partition coefficient (Wildman–Crippen LogP) is 0.893. The smallest absolute Gasteiger partial charge is 0.185 e. The van der Waals surface area contributed by atoms with E-state index >= 15 is 0 Å². The number of carbonyl (C=O) groups excluding carboxylic acids is 1. The van der Waals surface area contributed by atoms with Crippen LogP contribution in [0.5, 0.6) is 0 Å². The lowest BCUT2D eigenvalue weighted by Crippen LogP contribution is -1.75. The van der Waals surface area contributed by atoms with Crippen molar-refractivity contribution in [3.8, 4) is 0 Å². The minimum Gasteiger partial charge on any atom is -0.456 e. The van der Waals surface area contributed by atoms with Crippen molar-refractivity contribution in [2.24, 2.45) is 0 Å². The Morgan fingerprint density at radius 3 is 2.80 bits per heavy atom. The molecule has 1 aromatic heterocycles. The summed E-state index contributed by atoms with van der Waals surface area (Å²) in [6, 6.07) is 1.64. The van der Waals surface area contributed by atoms with E-state index in [4.69, 9.17) is 9.52 Å². The summed E-state index contributed by atoms with van der Waals surface area (Å²) >= 11 is 0. The first-order valence-electron chi connectivity index (χ1n) is 2.93. The van der Waals surface area contributed by atoms with Gasteiger partial charge in [0.15, 0.2) is 12.0 Å². The molecule has 54 valence electrons. The van der Waals surface area contributed by atoms with Crippen LogP contribution < -0.4 is 0 Å². The Morgan fingerprint density at radius 1 is 1.80 bits per heavy atom. The summed E-state index contributed by atoms with van der Waals surface area (Å²) in [4.78, 5) is 10.2. The molecule has 0 unspecified atom stereocenters. The highest BCUT2D eigenvalue weighted by atomic mass is 16.4. The number of aliphatic hydroxyl groups excluding tert-OH is 1. The van der Waals surface area contributed by atoms with Crippen LogP contribution in [0.25, 0.3) is 0 Å². The fraction of sp³-hybridized carbons (Fsp3) is 0.286. The Kier molecular flexibility index (Phi) is 1.87. The van der Waals surface area contributed by atoms with Crippen LogP contribution in [0.4, 0.5) is 0 Å². The highest BCUT2D eigenvalue weighted by Gasteiger charge is 2.03. The average Bonchev–Trinajstić information content (AvgIpc) is 2.30. The van der Waals surface area contributed by atoms with Crippen LogP contribution >= 0.6 is 0 Å². The number of aldehydes is 1. The van der Waals surface area contributed by atoms with Crippen molar-refractivity contribution in [3.05, 3.63) is 23.2 Å². The molecule has 0 amide bonds. The summed E-state index contributed by atoms with van der Waals surface area (Å²) in [7, 11) is 0. The van der Waals surface area contributed by atoms with Crippen LogP contribution in [-0.2, 0) is 6.61 Å². The Morgan fingerprint density at radius 2 is 2.50 bits per heavy atom. The molecule has 0 aliphatic heterocycles. The average molecular weight is 140 g/mol. The van der Waals surface area contributed by atoms with Gasteiger partial charge in [-0.25, -0.2) is 0 Å². The van der Waals surface area contributed by atoms with E-state index in [0.29, 0.717) is 17.8 Å². The molecule has 0 fully saturated rings. The first-order chi connectivity index (χ1) is 4.77. The zero-order valence-electron chi connectivity index (χ0n) is 5.63. The number of carbonyl (C=O) groups is 1. The first-order valence-corrected chi connectivity index (χ1v) is 2.93. The molecule has 0 aliphatic carbocycles.